The van der Waals surface area contributed by atoms with Crippen molar-refractivity contribution in [2.75, 3.05) is 24.6 Å². The van der Waals surface area contributed by atoms with Crippen molar-refractivity contribution in [2.24, 2.45) is 17.8 Å². The van der Waals surface area contributed by atoms with E-state index in [-0.39, 0.29) is 43.8 Å². The number of hydrogen-bond donors (Lipinski definition) is 2. The molecule has 3 fully saturated rings. The van der Waals surface area contributed by atoms with Crippen molar-refractivity contribution in [3.05, 3.63) is 42.0 Å². The van der Waals surface area contributed by atoms with Gasteiger partial charge in [0.2, 0.25) is 5.91 Å². The van der Waals surface area contributed by atoms with Crippen LogP contribution < -0.4 is 4.90 Å². The second kappa shape index (κ2) is 8.50. The predicted octanol–water partition coefficient (Wildman–Crippen LogP) is 2.30. The molecule has 0 saturated carbocycles. The minimum absolute atomic E-state index is 0.140. The maximum Gasteiger partial charge on any atom is 0.310 e. The molecule has 0 aliphatic carbocycles. The average molecular weight is 471 g/mol. The summed E-state index contributed by atoms with van der Waals surface area (Å²) in [6, 6.07) is 4.86. The van der Waals surface area contributed by atoms with Crippen molar-refractivity contribution in [3.63, 3.8) is 0 Å². The monoisotopic (exact) mass is 470 g/mol. The summed E-state index contributed by atoms with van der Waals surface area (Å²) in [5, 5.41) is 19.6. The fraction of sp³-hybridized carbons (Fsp3) is 0.577. The summed E-state index contributed by atoms with van der Waals surface area (Å²) < 4.78 is 6.51. The molecule has 1 aromatic rings. The Morgan fingerprint density at radius 3 is 2.68 bits per heavy atom. The van der Waals surface area contributed by atoms with Crippen LogP contribution in [0.25, 0.3) is 0 Å². The highest BCUT2D eigenvalue weighted by molar-refractivity contribution is 6.05. The molecule has 3 aliphatic heterocycles. The molecule has 3 heterocycles. The first-order chi connectivity index (χ1) is 16.0. The molecule has 2 bridgehead atoms. The van der Waals surface area contributed by atoms with E-state index in [0.717, 1.165) is 16.8 Å². The molecule has 184 valence electrons. The highest BCUT2D eigenvalue weighted by Gasteiger charge is 2.80. The molecule has 1 spiro atoms. The summed E-state index contributed by atoms with van der Waals surface area (Å²) in [6.45, 7) is 11.6. The van der Waals surface area contributed by atoms with E-state index >= 15 is 0 Å². The predicted molar refractivity (Wildman–Crippen MR) is 126 cm³/mol. The lowest BCUT2D eigenvalue weighted by Gasteiger charge is -2.37. The summed E-state index contributed by atoms with van der Waals surface area (Å²) in [6.07, 6.45) is 2.35. The zero-order valence-electron chi connectivity index (χ0n) is 20.3. The number of likely N-dealkylation sites (tertiary alicyclic amines) is 1. The zero-order chi connectivity index (χ0) is 25.0. The van der Waals surface area contributed by atoms with Crippen molar-refractivity contribution >= 4 is 23.5 Å². The molecule has 1 aromatic carbocycles. The molecule has 2 amide bonds. The minimum Gasteiger partial charge on any atom is -0.481 e. The van der Waals surface area contributed by atoms with E-state index in [1.807, 2.05) is 39.0 Å². The van der Waals surface area contributed by atoms with Crippen molar-refractivity contribution in [1.29, 1.82) is 0 Å². The average Bonchev–Trinajstić information content (AvgIpc) is 3.28. The van der Waals surface area contributed by atoms with E-state index in [9.17, 15) is 24.6 Å². The maximum atomic E-state index is 14.3. The number of anilines is 1. The number of carboxylic acid groups (broad SMARTS) is 1. The van der Waals surface area contributed by atoms with Gasteiger partial charge in [0.15, 0.2) is 0 Å². The standard InChI is InChI=1S/C26H34N2O6/c1-6-10-27(18-13-15(2)8-9-16(18)3)23(31)21-26-14-17(4)25(5,34-26)20(24(32)33)19(26)22(30)28(21)11-7-12-29/h6,8-9,13,17,19-21,29H,1,7,10-12,14H2,2-5H3,(H,32,33)/t17?,19-,20-,21?,25+,26?/m0/s1. The van der Waals surface area contributed by atoms with Crippen LogP contribution in [0.3, 0.4) is 0 Å². The third-order valence-electron chi connectivity index (χ3n) is 8.10. The Morgan fingerprint density at radius 1 is 1.35 bits per heavy atom. The lowest BCUT2D eigenvalue weighted by atomic mass is 9.62. The number of ether oxygens (including phenoxy) is 1. The summed E-state index contributed by atoms with van der Waals surface area (Å²) in [5.74, 6) is -3.89. The van der Waals surface area contributed by atoms with E-state index in [4.69, 9.17) is 4.74 Å². The molecule has 3 saturated heterocycles. The van der Waals surface area contributed by atoms with Gasteiger partial charge in [-0.3, -0.25) is 14.4 Å². The minimum atomic E-state index is -1.22. The fourth-order valence-electron chi connectivity index (χ4n) is 6.47. The molecule has 2 N–H and O–H groups in total. The number of aryl methyl sites for hydroxylation is 2. The Bertz CT molecular complexity index is 1040. The van der Waals surface area contributed by atoms with Crippen LogP contribution in [0.15, 0.2) is 30.9 Å². The summed E-state index contributed by atoms with van der Waals surface area (Å²) in [4.78, 5) is 43.5. The maximum absolute atomic E-state index is 14.3. The van der Waals surface area contributed by atoms with Crippen LogP contribution in [-0.4, -0.2) is 69.8 Å². The quantitative estimate of drug-likeness (QED) is 0.565. The number of aliphatic hydroxyl groups is 1. The van der Waals surface area contributed by atoms with Gasteiger partial charge in [0.25, 0.3) is 5.91 Å². The Hall–Kier alpha value is -2.71. The molecule has 3 aliphatic rings. The van der Waals surface area contributed by atoms with Crippen LogP contribution in [0, 0.1) is 31.6 Å². The number of rotatable bonds is 8. The van der Waals surface area contributed by atoms with Gasteiger partial charge in [-0.2, -0.15) is 0 Å². The van der Waals surface area contributed by atoms with Crippen molar-refractivity contribution < 1.29 is 29.3 Å². The number of benzene rings is 1. The van der Waals surface area contributed by atoms with Gasteiger partial charge in [-0.25, -0.2) is 0 Å². The van der Waals surface area contributed by atoms with E-state index < -0.39 is 35.0 Å². The van der Waals surface area contributed by atoms with E-state index in [1.165, 1.54) is 4.90 Å². The van der Waals surface area contributed by atoms with Gasteiger partial charge in [-0.1, -0.05) is 25.1 Å². The van der Waals surface area contributed by atoms with Crippen molar-refractivity contribution in [1.82, 2.24) is 4.90 Å². The summed E-state index contributed by atoms with van der Waals surface area (Å²) >= 11 is 0. The molecule has 34 heavy (non-hydrogen) atoms. The number of fused-ring (bicyclic) bond motifs is 1. The van der Waals surface area contributed by atoms with E-state index in [2.05, 4.69) is 6.58 Å². The SMILES string of the molecule is C=CCN(C(=O)C1N(CCCO)C(=O)[C@@H]2[C@@H](C(=O)O)[C@]3(C)OC12CC3C)c1cc(C)ccc1C. The normalized spacial score (nSPS) is 33.8. The van der Waals surface area contributed by atoms with Crippen molar-refractivity contribution in [2.45, 2.75) is 57.8 Å². The number of carbonyl (C=O) groups is 3. The highest BCUT2D eigenvalue weighted by atomic mass is 16.5. The zero-order valence-corrected chi connectivity index (χ0v) is 20.3. The second-order valence-corrected chi connectivity index (χ2v) is 10.2. The van der Waals surface area contributed by atoms with Crippen LogP contribution in [-0.2, 0) is 19.1 Å². The first-order valence-corrected chi connectivity index (χ1v) is 11.9. The number of nitrogens with zero attached hydrogens (tertiary/aromatic N) is 2. The molecule has 4 rings (SSSR count). The Morgan fingerprint density at radius 2 is 2.06 bits per heavy atom. The smallest absolute Gasteiger partial charge is 0.310 e. The Labute approximate surface area is 200 Å². The Balaban J connectivity index is 1.85. The molecule has 0 aromatic heterocycles. The number of hydrogen-bond acceptors (Lipinski definition) is 5. The number of aliphatic carboxylic acids is 1. The van der Waals surface area contributed by atoms with Crippen LogP contribution in [0.2, 0.25) is 0 Å². The number of carbonyl (C=O) groups excluding carboxylic acids is 2. The molecule has 3 unspecified atom stereocenters. The van der Waals surface area contributed by atoms with Crippen LogP contribution >= 0.6 is 0 Å². The van der Waals surface area contributed by atoms with Gasteiger partial charge in [0.05, 0.1) is 11.5 Å². The van der Waals surface area contributed by atoms with Gasteiger partial charge in [-0.15, -0.1) is 6.58 Å². The largest absolute Gasteiger partial charge is 0.481 e. The number of carboxylic acids is 1. The fourth-order valence-corrected chi connectivity index (χ4v) is 6.47. The number of aliphatic hydroxyl groups excluding tert-OH is 1. The first-order valence-electron chi connectivity index (χ1n) is 11.9. The molecular weight excluding hydrogens is 436 g/mol. The first kappa shape index (κ1) is 24.4. The van der Waals surface area contributed by atoms with E-state index in [0.29, 0.717) is 6.42 Å². The van der Waals surface area contributed by atoms with Gasteiger partial charge in [0.1, 0.15) is 17.6 Å². The van der Waals surface area contributed by atoms with Gasteiger partial charge in [-0.05, 0) is 56.7 Å². The van der Waals surface area contributed by atoms with Crippen LogP contribution in [0.1, 0.15) is 37.8 Å². The lowest BCUT2D eigenvalue weighted by Crippen LogP contribution is -2.57. The van der Waals surface area contributed by atoms with Gasteiger partial charge in [0, 0.05) is 25.4 Å². The highest BCUT2D eigenvalue weighted by Crippen LogP contribution is 2.65. The van der Waals surface area contributed by atoms with Gasteiger partial charge >= 0.3 is 5.97 Å². The molecule has 0 radical (unpaired) electrons. The van der Waals surface area contributed by atoms with Crippen LogP contribution in [0.5, 0.6) is 0 Å². The van der Waals surface area contributed by atoms with Crippen molar-refractivity contribution in [3.8, 4) is 0 Å². The second-order valence-electron chi connectivity index (χ2n) is 10.2. The third kappa shape index (κ3) is 3.30. The third-order valence-corrected chi connectivity index (χ3v) is 8.10. The molecular formula is C26H34N2O6. The Kier molecular flexibility index (Phi) is 6.10. The van der Waals surface area contributed by atoms with E-state index in [1.54, 1.807) is 17.9 Å². The topological polar surface area (TPSA) is 107 Å². The van der Waals surface area contributed by atoms with Gasteiger partial charge < -0.3 is 24.7 Å². The summed E-state index contributed by atoms with van der Waals surface area (Å²) in [5.41, 5.74) is 0.361. The number of amides is 2. The molecule has 8 heteroatoms. The van der Waals surface area contributed by atoms with Crippen LogP contribution in [0.4, 0.5) is 5.69 Å². The molecule has 8 nitrogen and oxygen atoms in total. The lowest BCUT2D eigenvalue weighted by molar-refractivity contribution is -0.156. The molecule has 6 atom stereocenters. The summed E-state index contributed by atoms with van der Waals surface area (Å²) in [7, 11) is 0.